The van der Waals surface area contributed by atoms with Crippen molar-refractivity contribution in [3.8, 4) is 5.69 Å². The van der Waals surface area contributed by atoms with Crippen LogP contribution in [-0.4, -0.2) is 39.0 Å². The lowest BCUT2D eigenvalue weighted by molar-refractivity contribution is 0.0897. The zero-order valence-electron chi connectivity index (χ0n) is 11.1. The van der Waals surface area contributed by atoms with Crippen LogP contribution < -0.4 is 5.32 Å². The number of para-hydroxylation sites is 1. The van der Waals surface area contributed by atoms with Gasteiger partial charge in [-0.3, -0.25) is 0 Å². The molecule has 2 unspecified atom stereocenters. The standard InChI is InChI=1S/C14H17N5O/c1-2-4-11(5-3-1)19-14(16-17-18-19)15-12-8-9-20-13(12)10-6-7-10/h1-5,10,12-13H,6-9H2,(H,15,16,18). The Morgan fingerprint density at radius 3 is 2.80 bits per heavy atom. The minimum atomic E-state index is 0.316. The Kier molecular flexibility index (Phi) is 2.88. The molecule has 4 rings (SSSR count). The first kappa shape index (κ1) is 11.8. The third kappa shape index (κ3) is 2.16. The Bertz CT molecular complexity index is 580. The first-order valence-electron chi connectivity index (χ1n) is 7.14. The van der Waals surface area contributed by atoms with E-state index in [1.54, 1.807) is 4.68 Å². The fourth-order valence-electron chi connectivity index (χ4n) is 2.84. The number of hydrogen-bond acceptors (Lipinski definition) is 5. The van der Waals surface area contributed by atoms with Crippen LogP contribution in [0.15, 0.2) is 30.3 Å². The van der Waals surface area contributed by atoms with Gasteiger partial charge in [0.2, 0.25) is 5.95 Å². The largest absolute Gasteiger partial charge is 0.376 e. The molecule has 1 N–H and O–H groups in total. The van der Waals surface area contributed by atoms with Gasteiger partial charge in [0, 0.05) is 6.61 Å². The smallest absolute Gasteiger partial charge is 0.248 e. The number of tetrazole rings is 1. The second-order valence-electron chi connectivity index (χ2n) is 5.46. The molecule has 2 aromatic rings. The van der Waals surface area contributed by atoms with Crippen molar-refractivity contribution >= 4 is 5.95 Å². The Morgan fingerprint density at radius 1 is 1.15 bits per heavy atom. The third-order valence-electron chi connectivity index (χ3n) is 4.01. The molecule has 0 amide bonds. The molecule has 1 aromatic carbocycles. The summed E-state index contributed by atoms with van der Waals surface area (Å²) in [5.74, 6) is 1.41. The second kappa shape index (κ2) is 4.86. The van der Waals surface area contributed by atoms with E-state index >= 15 is 0 Å². The Balaban J connectivity index is 1.56. The van der Waals surface area contributed by atoms with Crippen molar-refractivity contribution in [1.82, 2.24) is 20.2 Å². The van der Waals surface area contributed by atoms with Crippen molar-refractivity contribution in [3.63, 3.8) is 0 Å². The molecule has 1 saturated heterocycles. The third-order valence-corrected chi connectivity index (χ3v) is 4.01. The van der Waals surface area contributed by atoms with Gasteiger partial charge in [-0.15, -0.1) is 0 Å². The van der Waals surface area contributed by atoms with E-state index in [9.17, 15) is 0 Å². The van der Waals surface area contributed by atoms with Crippen LogP contribution in [-0.2, 0) is 4.74 Å². The summed E-state index contributed by atoms with van der Waals surface area (Å²) >= 11 is 0. The van der Waals surface area contributed by atoms with E-state index in [0.29, 0.717) is 18.1 Å². The van der Waals surface area contributed by atoms with Gasteiger partial charge in [0.15, 0.2) is 0 Å². The van der Waals surface area contributed by atoms with Gasteiger partial charge in [-0.25, -0.2) is 0 Å². The highest BCUT2D eigenvalue weighted by Crippen LogP contribution is 2.39. The van der Waals surface area contributed by atoms with Gasteiger partial charge in [-0.2, -0.15) is 4.68 Å². The van der Waals surface area contributed by atoms with Crippen LogP contribution in [0.25, 0.3) is 5.69 Å². The average Bonchev–Trinajstić information content (AvgIpc) is 3.05. The molecule has 2 atom stereocenters. The van der Waals surface area contributed by atoms with E-state index in [0.717, 1.165) is 24.6 Å². The normalized spacial score (nSPS) is 25.8. The summed E-state index contributed by atoms with van der Waals surface area (Å²) in [5, 5.41) is 15.4. The van der Waals surface area contributed by atoms with Gasteiger partial charge in [-0.05, 0) is 47.7 Å². The summed E-state index contributed by atoms with van der Waals surface area (Å²) in [6.07, 6.45) is 3.90. The number of rotatable bonds is 4. The monoisotopic (exact) mass is 271 g/mol. The number of aromatic nitrogens is 4. The van der Waals surface area contributed by atoms with Crippen molar-refractivity contribution in [3.05, 3.63) is 30.3 Å². The van der Waals surface area contributed by atoms with E-state index in [4.69, 9.17) is 4.74 Å². The summed E-state index contributed by atoms with van der Waals surface area (Å²) in [7, 11) is 0. The quantitative estimate of drug-likeness (QED) is 0.915. The van der Waals surface area contributed by atoms with E-state index < -0.39 is 0 Å². The van der Waals surface area contributed by atoms with Crippen LogP contribution in [0.4, 0.5) is 5.95 Å². The minimum Gasteiger partial charge on any atom is -0.376 e. The molecular weight excluding hydrogens is 254 g/mol. The minimum absolute atomic E-state index is 0.316. The predicted molar refractivity (Wildman–Crippen MR) is 73.6 cm³/mol. The maximum Gasteiger partial charge on any atom is 0.248 e. The van der Waals surface area contributed by atoms with Gasteiger partial charge < -0.3 is 10.1 Å². The molecule has 0 radical (unpaired) electrons. The van der Waals surface area contributed by atoms with Gasteiger partial charge >= 0.3 is 0 Å². The number of benzene rings is 1. The van der Waals surface area contributed by atoms with Crippen LogP contribution >= 0.6 is 0 Å². The molecule has 1 saturated carbocycles. The molecule has 20 heavy (non-hydrogen) atoms. The molecule has 6 heteroatoms. The van der Waals surface area contributed by atoms with Crippen molar-refractivity contribution in [2.45, 2.75) is 31.4 Å². The first-order chi connectivity index (χ1) is 9.92. The summed E-state index contributed by atoms with van der Waals surface area (Å²) in [6.45, 7) is 0.825. The number of hydrogen-bond donors (Lipinski definition) is 1. The van der Waals surface area contributed by atoms with Crippen molar-refractivity contribution in [1.29, 1.82) is 0 Å². The lowest BCUT2D eigenvalue weighted by Gasteiger charge is -2.19. The molecule has 0 bridgehead atoms. The van der Waals surface area contributed by atoms with Crippen molar-refractivity contribution in [2.24, 2.45) is 5.92 Å². The molecule has 2 fully saturated rings. The average molecular weight is 271 g/mol. The summed E-state index contributed by atoms with van der Waals surface area (Å²) < 4.78 is 7.58. The number of anilines is 1. The van der Waals surface area contributed by atoms with Crippen LogP contribution in [0.5, 0.6) is 0 Å². The topological polar surface area (TPSA) is 64.9 Å². The molecule has 104 valence electrons. The number of nitrogens with zero attached hydrogens (tertiary/aromatic N) is 4. The van der Waals surface area contributed by atoms with E-state index in [1.807, 2.05) is 30.3 Å². The van der Waals surface area contributed by atoms with Crippen LogP contribution in [0.3, 0.4) is 0 Å². The highest BCUT2D eigenvalue weighted by atomic mass is 16.5. The molecule has 6 nitrogen and oxygen atoms in total. The first-order valence-corrected chi connectivity index (χ1v) is 7.14. The lowest BCUT2D eigenvalue weighted by atomic mass is 10.1. The lowest BCUT2D eigenvalue weighted by Crippen LogP contribution is -2.32. The zero-order chi connectivity index (χ0) is 13.4. The Morgan fingerprint density at radius 2 is 2.00 bits per heavy atom. The summed E-state index contributed by atoms with van der Waals surface area (Å²) in [5.41, 5.74) is 0.960. The SMILES string of the molecule is c1ccc(-n2nnnc2NC2CCOC2C2CC2)cc1. The van der Waals surface area contributed by atoms with Gasteiger partial charge in [-0.1, -0.05) is 23.3 Å². The zero-order valence-corrected chi connectivity index (χ0v) is 11.1. The van der Waals surface area contributed by atoms with E-state index in [1.165, 1.54) is 12.8 Å². The predicted octanol–water partition coefficient (Wildman–Crippen LogP) is 1.64. The highest BCUT2D eigenvalue weighted by Gasteiger charge is 2.41. The van der Waals surface area contributed by atoms with Gasteiger partial charge in [0.1, 0.15) is 0 Å². The molecule has 0 spiro atoms. The molecular formula is C14H17N5O. The molecule has 1 aliphatic heterocycles. The van der Waals surface area contributed by atoms with Gasteiger partial charge in [0.25, 0.3) is 0 Å². The fourth-order valence-corrected chi connectivity index (χ4v) is 2.84. The van der Waals surface area contributed by atoms with E-state index in [-0.39, 0.29) is 0 Å². The van der Waals surface area contributed by atoms with Crippen LogP contribution in [0, 0.1) is 5.92 Å². The maximum atomic E-state index is 5.84. The molecule has 2 aliphatic rings. The maximum absolute atomic E-state index is 5.84. The number of nitrogens with one attached hydrogen (secondary N) is 1. The molecule has 2 heterocycles. The van der Waals surface area contributed by atoms with E-state index in [2.05, 4.69) is 20.8 Å². The number of ether oxygens (including phenoxy) is 1. The highest BCUT2D eigenvalue weighted by molar-refractivity contribution is 5.39. The van der Waals surface area contributed by atoms with Crippen molar-refractivity contribution < 1.29 is 4.74 Å². The summed E-state index contributed by atoms with van der Waals surface area (Å²) in [6, 6.07) is 10.2. The molecule has 1 aliphatic carbocycles. The van der Waals surface area contributed by atoms with Crippen molar-refractivity contribution in [2.75, 3.05) is 11.9 Å². The molecule has 1 aromatic heterocycles. The summed E-state index contributed by atoms with van der Waals surface area (Å²) in [4.78, 5) is 0. The van der Waals surface area contributed by atoms with Crippen LogP contribution in [0.2, 0.25) is 0 Å². The van der Waals surface area contributed by atoms with Crippen LogP contribution in [0.1, 0.15) is 19.3 Å². The fraction of sp³-hybridized carbons (Fsp3) is 0.500. The second-order valence-corrected chi connectivity index (χ2v) is 5.46. The Hall–Kier alpha value is -1.95. The van der Waals surface area contributed by atoms with Gasteiger partial charge in [0.05, 0.1) is 17.8 Å². The Labute approximate surface area is 117 Å².